The standard InChI is InChI=1S/C19H23FN6/c1-2-4-15-10-18(26-8-3-5-14(22)12-26)25-19(23-15)24-16-6-7-17(20)13(9-16)11-21/h6-7,9-10,14H,2-5,8,12,22H2,1H3,(H,23,24,25). The van der Waals surface area contributed by atoms with Crippen LogP contribution in [0.15, 0.2) is 24.3 Å². The van der Waals surface area contributed by atoms with Crippen LogP contribution < -0.4 is 16.0 Å². The number of hydrogen-bond acceptors (Lipinski definition) is 6. The van der Waals surface area contributed by atoms with Gasteiger partial charge in [0.15, 0.2) is 0 Å². The Hall–Kier alpha value is -2.72. The minimum atomic E-state index is -0.540. The van der Waals surface area contributed by atoms with Gasteiger partial charge in [0.2, 0.25) is 5.95 Å². The summed E-state index contributed by atoms with van der Waals surface area (Å²) in [5.41, 5.74) is 7.62. The minimum Gasteiger partial charge on any atom is -0.355 e. The van der Waals surface area contributed by atoms with Crippen molar-refractivity contribution < 1.29 is 4.39 Å². The molecule has 1 atom stereocenters. The van der Waals surface area contributed by atoms with Crippen molar-refractivity contribution in [3.8, 4) is 6.07 Å². The van der Waals surface area contributed by atoms with Crippen LogP contribution in [0.5, 0.6) is 0 Å². The fourth-order valence-electron chi connectivity index (χ4n) is 3.12. The monoisotopic (exact) mass is 354 g/mol. The lowest BCUT2D eigenvalue weighted by molar-refractivity contribution is 0.503. The zero-order valence-corrected chi connectivity index (χ0v) is 14.9. The summed E-state index contributed by atoms with van der Waals surface area (Å²) in [6, 6.07) is 8.31. The van der Waals surface area contributed by atoms with Crippen molar-refractivity contribution in [1.29, 1.82) is 5.26 Å². The van der Waals surface area contributed by atoms with Gasteiger partial charge in [-0.2, -0.15) is 10.2 Å². The number of rotatable bonds is 5. The highest BCUT2D eigenvalue weighted by Crippen LogP contribution is 2.23. The van der Waals surface area contributed by atoms with Gasteiger partial charge in [-0.05, 0) is 37.5 Å². The van der Waals surface area contributed by atoms with Crippen molar-refractivity contribution >= 4 is 17.5 Å². The maximum absolute atomic E-state index is 13.5. The Morgan fingerprint density at radius 2 is 2.23 bits per heavy atom. The molecule has 0 saturated carbocycles. The number of nitrogens with one attached hydrogen (secondary N) is 1. The number of benzene rings is 1. The molecule has 7 heteroatoms. The van der Waals surface area contributed by atoms with Gasteiger partial charge >= 0.3 is 0 Å². The summed E-state index contributed by atoms with van der Waals surface area (Å²) in [6.07, 6.45) is 3.89. The second-order valence-electron chi connectivity index (χ2n) is 6.57. The number of nitrogens with two attached hydrogens (primary N) is 1. The Kier molecular flexibility index (Phi) is 5.64. The fourth-order valence-corrected chi connectivity index (χ4v) is 3.12. The smallest absolute Gasteiger partial charge is 0.229 e. The van der Waals surface area contributed by atoms with Crippen LogP contribution in [0.1, 0.15) is 37.4 Å². The molecular weight excluding hydrogens is 331 g/mol. The van der Waals surface area contributed by atoms with Gasteiger partial charge in [0.05, 0.1) is 5.56 Å². The van der Waals surface area contributed by atoms with E-state index in [4.69, 9.17) is 11.0 Å². The Morgan fingerprint density at radius 1 is 1.38 bits per heavy atom. The van der Waals surface area contributed by atoms with Gasteiger partial charge in [-0.1, -0.05) is 13.3 Å². The summed E-state index contributed by atoms with van der Waals surface area (Å²) in [7, 11) is 0. The number of nitrogens with zero attached hydrogens (tertiary/aromatic N) is 4. The van der Waals surface area contributed by atoms with Crippen LogP contribution in [0, 0.1) is 17.1 Å². The van der Waals surface area contributed by atoms with Gasteiger partial charge in [-0.3, -0.25) is 0 Å². The first-order valence-electron chi connectivity index (χ1n) is 8.94. The molecule has 1 aromatic heterocycles. The van der Waals surface area contributed by atoms with Gasteiger partial charge in [0.1, 0.15) is 17.7 Å². The summed E-state index contributed by atoms with van der Waals surface area (Å²) in [5, 5.41) is 12.1. The molecule has 0 aliphatic carbocycles. The van der Waals surface area contributed by atoms with E-state index < -0.39 is 5.82 Å². The lowest BCUT2D eigenvalue weighted by atomic mass is 10.1. The molecule has 0 radical (unpaired) electrons. The van der Waals surface area contributed by atoms with E-state index in [1.54, 1.807) is 6.07 Å². The molecule has 1 aliphatic rings. The van der Waals surface area contributed by atoms with E-state index in [1.807, 2.05) is 12.1 Å². The van der Waals surface area contributed by atoms with Crippen molar-refractivity contribution in [3.05, 3.63) is 41.3 Å². The van der Waals surface area contributed by atoms with Crippen LogP contribution in [-0.4, -0.2) is 29.1 Å². The van der Waals surface area contributed by atoms with E-state index in [-0.39, 0.29) is 11.6 Å². The predicted molar refractivity (Wildman–Crippen MR) is 99.8 cm³/mol. The molecule has 26 heavy (non-hydrogen) atoms. The number of aryl methyl sites for hydroxylation is 1. The average molecular weight is 354 g/mol. The summed E-state index contributed by atoms with van der Waals surface area (Å²) >= 11 is 0. The molecule has 6 nitrogen and oxygen atoms in total. The normalized spacial score (nSPS) is 17.0. The first-order valence-corrected chi connectivity index (χ1v) is 8.94. The van der Waals surface area contributed by atoms with E-state index >= 15 is 0 Å². The number of anilines is 3. The van der Waals surface area contributed by atoms with Crippen molar-refractivity contribution in [2.45, 2.75) is 38.6 Å². The molecule has 0 bridgehead atoms. The van der Waals surface area contributed by atoms with E-state index in [2.05, 4.69) is 27.1 Å². The lowest BCUT2D eigenvalue weighted by Gasteiger charge is -2.32. The number of hydrogen-bond donors (Lipinski definition) is 2. The van der Waals surface area contributed by atoms with Crippen molar-refractivity contribution in [3.63, 3.8) is 0 Å². The molecule has 2 aromatic rings. The molecule has 1 aromatic carbocycles. The zero-order chi connectivity index (χ0) is 18.5. The summed E-state index contributed by atoms with van der Waals surface area (Å²) in [6.45, 7) is 3.80. The van der Waals surface area contributed by atoms with Crippen molar-refractivity contribution in [2.75, 3.05) is 23.3 Å². The quantitative estimate of drug-likeness (QED) is 0.857. The predicted octanol–water partition coefficient (Wildman–Crippen LogP) is 3.11. The van der Waals surface area contributed by atoms with Crippen molar-refractivity contribution in [2.24, 2.45) is 5.73 Å². The molecule has 136 valence electrons. The highest BCUT2D eigenvalue weighted by molar-refractivity contribution is 5.58. The molecule has 3 rings (SSSR count). The molecular formula is C19H23FN6. The first kappa shape index (κ1) is 18.1. The molecule has 1 unspecified atom stereocenters. The molecule has 0 spiro atoms. The van der Waals surface area contributed by atoms with Crippen LogP contribution in [0.2, 0.25) is 0 Å². The second kappa shape index (κ2) is 8.11. The zero-order valence-electron chi connectivity index (χ0n) is 14.9. The number of nitriles is 1. The van der Waals surface area contributed by atoms with Crippen LogP contribution in [0.25, 0.3) is 0 Å². The molecule has 1 fully saturated rings. The first-order chi connectivity index (χ1) is 12.6. The average Bonchev–Trinajstić information content (AvgIpc) is 2.63. The highest BCUT2D eigenvalue weighted by Gasteiger charge is 2.19. The number of halogens is 1. The van der Waals surface area contributed by atoms with E-state index in [1.165, 1.54) is 12.1 Å². The third kappa shape index (κ3) is 4.27. The summed E-state index contributed by atoms with van der Waals surface area (Å²) in [5.74, 6) is 0.756. The van der Waals surface area contributed by atoms with Crippen LogP contribution in [0.3, 0.4) is 0 Å². The number of aromatic nitrogens is 2. The Labute approximate surface area is 152 Å². The molecule has 2 heterocycles. The maximum atomic E-state index is 13.5. The topological polar surface area (TPSA) is 90.9 Å². The van der Waals surface area contributed by atoms with Gasteiger partial charge in [0.25, 0.3) is 0 Å². The summed E-state index contributed by atoms with van der Waals surface area (Å²) < 4.78 is 13.5. The molecule has 1 aliphatic heterocycles. The van der Waals surface area contributed by atoms with Crippen LogP contribution >= 0.6 is 0 Å². The Morgan fingerprint density at radius 3 is 2.96 bits per heavy atom. The third-order valence-corrected chi connectivity index (χ3v) is 4.40. The van der Waals surface area contributed by atoms with Gasteiger partial charge in [0, 0.05) is 36.6 Å². The molecule has 1 saturated heterocycles. The fraction of sp³-hybridized carbons (Fsp3) is 0.421. The minimum absolute atomic E-state index is 0.0121. The van der Waals surface area contributed by atoms with Gasteiger partial charge in [-0.15, -0.1) is 0 Å². The molecule has 0 amide bonds. The third-order valence-electron chi connectivity index (χ3n) is 4.40. The van der Waals surface area contributed by atoms with Crippen molar-refractivity contribution in [1.82, 2.24) is 9.97 Å². The van der Waals surface area contributed by atoms with Crippen LogP contribution in [0.4, 0.5) is 21.8 Å². The second-order valence-corrected chi connectivity index (χ2v) is 6.57. The van der Waals surface area contributed by atoms with Gasteiger partial charge in [-0.25, -0.2) is 9.37 Å². The van der Waals surface area contributed by atoms with Gasteiger partial charge < -0.3 is 16.0 Å². The maximum Gasteiger partial charge on any atom is 0.229 e. The SMILES string of the molecule is CCCc1cc(N2CCCC(N)C2)nc(Nc2ccc(F)c(C#N)c2)n1. The molecule has 3 N–H and O–H groups in total. The summed E-state index contributed by atoms with van der Waals surface area (Å²) in [4.78, 5) is 11.4. The Balaban J connectivity index is 1.89. The van der Waals surface area contributed by atoms with E-state index in [9.17, 15) is 4.39 Å². The number of piperidine rings is 1. The van der Waals surface area contributed by atoms with E-state index in [0.717, 1.165) is 50.3 Å². The highest BCUT2D eigenvalue weighted by atomic mass is 19.1. The lowest BCUT2D eigenvalue weighted by Crippen LogP contribution is -2.43. The Bertz CT molecular complexity index is 816. The largest absolute Gasteiger partial charge is 0.355 e. The van der Waals surface area contributed by atoms with E-state index in [0.29, 0.717) is 11.6 Å². The van der Waals surface area contributed by atoms with Crippen LogP contribution in [-0.2, 0) is 6.42 Å².